The van der Waals surface area contributed by atoms with Gasteiger partial charge >= 0.3 is 5.97 Å². The second-order valence-electron chi connectivity index (χ2n) is 9.91. The maximum absolute atomic E-state index is 12.8. The Morgan fingerprint density at radius 1 is 1.09 bits per heavy atom. The molecule has 5 rings (SSSR count). The number of rotatable bonds is 7. The highest BCUT2D eigenvalue weighted by atomic mass is 16.5. The molecule has 180 valence electrons. The lowest BCUT2D eigenvalue weighted by atomic mass is 9.70. The fourth-order valence-corrected chi connectivity index (χ4v) is 5.96. The zero-order chi connectivity index (χ0) is 23.5. The summed E-state index contributed by atoms with van der Waals surface area (Å²) in [6.45, 7) is 5.68. The van der Waals surface area contributed by atoms with Gasteiger partial charge in [-0.05, 0) is 61.7 Å². The summed E-state index contributed by atoms with van der Waals surface area (Å²) in [7, 11) is 3.24. The SMILES string of the molecule is COC(=O)C1CN(CCc2ccccc2)CC12CCN(Cc1c[nH]c3ccc(OC)cc13)CC2. The van der Waals surface area contributed by atoms with Gasteiger partial charge in [0.05, 0.1) is 20.1 Å². The molecule has 6 heteroatoms. The average Bonchev–Trinajstić information content (AvgIpc) is 3.45. The Kier molecular flexibility index (Phi) is 6.61. The predicted molar refractivity (Wildman–Crippen MR) is 134 cm³/mol. The van der Waals surface area contributed by atoms with Crippen molar-refractivity contribution < 1.29 is 14.3 Å². The van der Waals surface area contributed by atoms with Gasteiger partial charge in [-0.1, -0.05) is 30.3 Å². The number of hydrogen-bond acceptors (Lipinski definition) is 5. The summed E-state index contributed by atoms with van der Waals surface area (Å²) >= 11 is 0. The molecule has 0 amide bonds. The Balaban J connectivity index is 1.24. The van der Waals surface area contributed by atoms with E-state index in [4.69, 9.17) is 9.47 Å². The lowest BCUT2D eigenvalue weighted by Gasteiger charge is -2.41. The predicted octanol–water partition coefficient (Wildman–Crippen LogP) is 4.11. The average molecular weight is 462 g/mol. The molecule has 6 nitrogen and oxygen atoms in total. The molecule has 0 bridgehead atoms. The first kappa shape index (κ1) is 22.9. The molecule has 1 spiro atoms. The third-order valence-corrected chi connectivity index (χ3v) is 7.98. The highest BCUT2D eigenvalue weighted by Crippen LogP contribution is 2.45. The fourth-order valence-electron chi connectivity index (χ4n) is 5.96. The monoisotopic (exact) mass is 461 g/mol. The van der Waals surface area contributed by atoms with Crippen LogP contribution in [0.2, 0.25) is 0 Å². The quantitative estimate of drug-likeness (QED) is 0.537. The van der Waals surface area contributed by atoms with Gasteiger partial charge in [0.1, 0.15) is 5.75 Å². The highest BCUT2D eigenvalue weighted by Gasteiger charge is 2.51. The number of benzene rings is 2. The van der Waals surface area contributed by atoms with E-state index in [0.29, 0.717) is 0 Å². The summed E-state index contributed by atoms with van der Waals surface area (Å²) in [6.07, 6.45) is 5.19. The van der Waals surface area contributed by atoms with Crippen LogP contribution < -0.4 is 4.74 Å². The van der Waals surface area contributed by atoms with E-state index in [1.165, 1.54) is 23.6 Å². The standard InChI is InChI=1S/C28H35N3O3/c1-33-23-8-9-26-24(16-23)22(17-29-26)18-30-14-11-28(12-15-30)20-31(19-25(28)27(32)34-2)13-10-21-6-4-3-5-7-21/h3-9,16-17,25,29H,10-15,18-20H2,1-2H3. The molecule has 1 N–H and O–H groups in total. The van der Waals surface area contributed by atoms with Gasteiger partial charge in [0, 0.05) is 48.7 Å². The van der Waals surface area contributed by atoms with Crippen molar-refractivity contribution in [2.75, 3.05) is 46.9 Å². The normalized spacial score (nSPS) is 20.7. The van der Waals surface area contributed by atoms with Crippen molar-refractivity contribution in [1.82, 2.24) is 14.8 Å². The lowest BCUT2D eigenvalue weighted by Crippen LogP contribution is -2.46. The van der Waals surface area contributed by atoms with Gasteiger partial charge < -0.3 is 19.4 Å². The Morgan fingerprint density at radius 3 is 2.62 bits per heavy atom. The Morgan fingerprint density at radius 2 is 1.88 bits per heavy atom. The third-order valence-electron chi connectivity index (χ3n) is 7.98. The summed E-state index contributed by atoms with van der Waals surface area (Å²) in [4.78, 5) is 21.2. The van der Waals surface area contributed by atoms with Crippen LogP contribution in [0, 0.1) is 11.3 Å². The van der Waals surface area contributed by atoms with Crippen LogP contribution in [0.15, 0.2) is 54.7 Å². The van der Waals surface area contributed by atoms with Crippen LogP contribution in [0.3, 0.4) is 0 Å². The molecule has 34 heavy (non-hydrogen) atoms. The number of likely N-dealkylation sites (tertiary alicyclic amines) is 2. The van der Waals surface area contributed by atoms with Crippen LogP contribution in [0.5, 0.6) is 5.75 Å². The molecule has 2 saturated heterocycles. The fraction of sp³-hybridized carbons (Fsp3) is 0.464. The number of H-pyrrole nitrogens is 1. The van der Waals surface area contributed by atoms with E-state index < -0.39 is 0 Å². The first-order chi connectivity index (χ1) is 16.6. The number of esters is 1. The van der Waals surface area contributed by atoms with Crippen molar-refractivity contribution >= 4 is 16.9 Å². The first-order valence-electron chi connectivity index (χ1n) is 12.3. The number of aromatic nitrogens is 1. The molecule has 2 aliphatic rings. The number of aromatic amines is 1. The summed E-state index contributed by atoms with van der Waals surface area (Å²) in [5, 5.41) is 1.22. The molecule has 3 aromatic rings. The number of carbonyl (C=O) groups excluding carboxylic acids is 1. The molecule has 3 heterocycles. The van der Waals surface area contributed by atoms with Crippen molar-refractivity contribution in [3.8, 4) is 5.75 Å². The summed E-state index contributed by atoms with van der Waals surface area (Å²) < 4.78 is 10.7. The number of nitrogens with zero attached hydrogens (tertiary/aromatic N) is 2. The molecule has 1 unspecified atom stereocenters. The van der Waals surface area contributed by atoms with Gasteiger partial charge in [-0.3, -0.25) is 9.69 Å². The van der Waals surface area contributed by atoms with Gasteiger partial charge in [0.25, 0.3) is 0 Å². The van der Waals surface area contributed by atoms with Gasteiger partial charge in [0.15, 0.2) is 0 Å². The van der Waals surface area contributed by atoms with Crippen molar-refractivity contribution in [3.05, 3.63) is 65.9 Å². The van der Waals surface area contributed by atoms with Crippen molar-refractivity contribution in [3.63, 3.8) is 0 Å². The zero-order valence-electron chi connectivity index (χ0n) is 20.3. The van der Waals surface area contributed by atoms with Gasteiger partial charge in [-0.25, -0.2) is 0 Å². The number of carbonyl (C=O) groups is 1. The smallest absolute Gasteiger partial charge is 0.310 e. The number of nitrogens with one attached hydrogen (secondary N) is 1. The van der Waals surface area contributed by atoms with Gasteiger partial charge in [0.2, 0.25) is 0 Å². The molecule has 2 aromatic carbocycles. The van der Waals surface area contributed by atoms with Crippen LogP contribution in [0.25, 0.3) is 10.9 Å². The van der Waals surface area contributed by atoms with E-state index in [1.807, 2.05) is 6.07 Å². The molecule has 0 radical (unpaired) electrons. The van der Waals surface area contributed by atoms with E-state index in [1.54, 1.807) is 7.11 Å². The largest absolute Gasteiger partial charge is 0.497 e. The van der Waals surface area contributed by atoms with Crippen molar-refractivity contribution in [2.24, 2.45) is 11.3 Å². The maximum Gasteiger partial charge on any atom is 0.310 e. The molecule has 0 aliphatic carbocycles. The highest BCUT2D eigenvalue weighted by molar-refractivity contribution is 5.84. The topological polar surface area (TPSA) is 57.8 Å². The van der Waals surface area contributed by atoms with Crippen LogP contribution >= 0.6 is 0 Å². The summed E-state index contributed by atoms with van der Waals surface area (Å²) in [6, 6.07) is 16.8. The van der Waals surface area contributed by atoms with Crippen LogP contribution in [-0.2, 0) is 22.5 Å². The van der Waals surface area contributed by atoms with Gasteiger partial charge in [-0.15, -0.1) is 0 Å². The molecule has 0 saturated carbocycles. The zero-order valence-corrected chi connectivity index (χ0v) is 20.3. The molecule has 1 aromatic heterocycles. The molecule has 2 fully saturated rings. The maximum atomic E-state index is 12.8. The minimum atomic E-state index is -0.0422. The first-order valence-corrected chi connectivity index (χ1v) is 12.3. The van der Waals surface area contributed by atoms with E-state index in [-0.39, 0.29) is 17.3 Å². The summed E-state index contributed by atoms with van der Waals surface area (Å²) in [5.41, 5.74) is 3.80. The minimum Gasteiger partial charge on any atom is -0.497 e. The number of piperidine rings is 1. The van der Waals surface area contributed by atoms with Crippen LogP contribution in [0.1, 0.15) is 24.0 Å². The number of methoxy groups -OCH3 is 2. The molecule has 1 atom stereocenters. The second kappa shape index (κ2) is 9.80. The Hall–Kier alpha value is -2.83. The summed E-state index contributed by atoms with van der Waals surface area (Å²) in [5.74, 6) is 0.806. The van der Waals surface area contributed by atoms with E-state index >= 15 is 0 Å². The van der Waals surface area contributed by atoms with Crippen LogP contribution in [-0.4, -0.2) is 67.7 Å². The van der Waals surface area contributed by atoms with E-state index in [2.05, 4.69) is 63.4 Å². The lowest BCUT2D eigenvalue weighted by molar-refractivity contribution is -0.149. The third kappa shape index (κ3) is 4.57. The van der Waals surface area contributed by atoms with Gasteiger partial charge in [-0.2, -0.15) is 0 Å². The number of hydrogen-bond donors (Lipinski definition) is 1. The van der Waals surface area contributed by atoms with E-state index in [9.17, 15) is 4.79 Å². The number of ether oxygens (including phenoxy) is 2. The van der Waals surface area contributed by atoms with Crippen LogP contribution in [0.4, 0.5) is 0 Å². The Labute approximate surface area is 201 Å². The van der Waals surface area contributed by atoms with Crippen molar-refractivity contribution in [1.29, 1.82) is 0 Å². The molecular formula is C28H35N3O3. The number of fused-ring (bicyclic) bond motifs is 1. The van der Waals surface area contributed by atoms with E-state index in [0.717, 1.165) is 69.8 Å². The Bertz CT molecular complexity index is 1120. The molecule has 2 aliphatic heterocycles. The molecular weight excluding hydrogens is 426 g/mol. The second-order valence-corrected chi connectivity index (χ2v) is 9.91. The minimum absolute atomic E-state index is 0.0176. The van der Waals surface area contributed by atoms with Crippen molar-refractivity contribution in [2.45, 2.75) is 25.8 Å².